The zero-order valence-electron chi connectivity index (χ0n) is 11.7. The molecule has 0 saturated carbocycles. The number of hydrogen-bond acceptors (Lipinski definition) is 3. The Balaban J connectivity index is 2.74. The van der Waals surface area contributed by atoms with Crippen molar-refractivity contribution in [1.82, 2.24) is 0 Å². The van der Waals surface area contributed by atoms with Gasteiger partial charge in [0, 0.05) is 18.2 Å². The van der Waals surface area contributed by atoms with Gasteiger partial charge in [0.1, 0.15) is 17.2 Å². The summed E-state index contributed by atoms with van der Waals surface area (Å²) in [6.45, 7) is 8.41. The molecule has 102 valence electrons. The second kappa shape index (κ2) is 8.67. The van der Waals surface area contributed by atoms with Crippen LogP contribution >= 0.6 is 0 Å². The van der Waals surface area contributed by atoms with Gasteiger partial charge in [-0.3, -0.25) is 0 Å². The van der Waals surface area contributed by atoms with Gasteiger partial charge in [-0.25, -0.2) is 0 Å². The fraction of sp³-hybridized carbons (Fsp3) is 0.600. The quantitative estimate of drug-likeness (QED) is 0.663. The van der Waals surface area contributed by atoms with Gasteiger partial charge in [0.05, 0.1) is 19.8 Å². The highest BCUT2D eigenvalue weighted by molar-refractivity contribution is 5.42. The number of rotatable bonds is 9. The van der Waals surface area contributed by atoms with Crippen molar-refractivity contribution in [3.8, 4) is 17.2 Å². The molecule has 0 bridgehead atoms. The van der Waals surface area contributed by atoms with E-state index in [2.05, 4.69) is 20.8 Å². The van der Waals surface area contributed by atoms with E-state index in [0.29, 0.717) is 19.8 Å². The van der Waals surface area contributed by atoms with Gasteiger partial charge in [-0.05, 0) is 19.3 Å². The van der Waals surface area contributed by atoms with Crippen LogP contribution in [0.25, 0.3) is 0 Å². The third kappa shape index (κ3) is 5.30. The average Bonchev–Trinajstić information content (AvgIpc) is 2.40. The Morgan fingerprint density at radius 2 is 0.889 bits per heavy atom. The lowest BCUT2D eigenvalue weighted by molar-refractivity contribution is 0.286. The highest BCUT2D eigenvalue weighted by Crippen LogP contribution is 2.28. The first-order valence-corrected chi connectivity index (χ1v) is 6.83. The van der Waals surface area contributed by atoms with Crippen LogP contribution in [-0.4, -0.2) is 19.8 Å². The van der Waals surface area contributed by atoms with E-state index in [0.717, 1.165) is 36.5 Å². The molecule has 0 amide bonds. The molecule has 0 saturated heterocycles. The Kier molecular flexibility index (Phi) is 7.07. The molecule has 3 nitrogen and oxygen atoms in total. The maximum atomic E-state index is 5.64. The summed E-state index contributed by atoms with van der Waals surface area (Å²) in [5, 5.41) is 0. The molecule has 0 spiro atoms. The van der Waals surface area contributed by atoms with Crippen LogP contribution in [0.1, 0.15) is 40.0 Å². The fourth-order valence-corrected chi connectivity index (χ4v) is 1.46. The summed E-state index contributed by atoms with van der Waals surface area (Å²) in [4.78, 5) is 0. The lowest BCUT2D eigenvalue weighted by Gasteiger charge is -2.12. The minimum absolute atomic E-state index is 0.713. The molecule has 0 aliphatic rings. The van der Waals surface area contributed by atoms with E-state index >= 15 is 0 Å². The third-order valence-electron chi connectivity index (χ3n) is 2.27. The van der Waals surface area contributed by atoms with Gasteiger partial charge in [-0.15, -0.1) is 0 Å². The highest BCUT2D eigenvalue weighted by Gasteiger charge is 2.04. The van der Waals surface area contributed by atoms with Gasteiger partial charge in [-0.2, -0.15) is 0 Å². The van der Waals surface area contributed by atoms with Crippen molar-refractivity contribution in [2.45, 2.75) is 40.0 Å². The normalized spacial score (nSPS) is 10.2. The lowest BCUT2D eigenvalue weighted by atomic mass is 10.3. The van der Waals surface area contributed by atoms with Gasteiger partial charge in [0.2, 0.25) is 0 Å². The van der Waals surface area contributed by atoms with Crippen LogP contribution in [0.5, 0.6) is 17.2 Å². The van der Waals surface area contributed by atoms with Crippen molar-refractivity contribution in [2.75, 3.05) is 19.8 Å². The van der Waals surface area contributed by atoms with Crippen LogP contribution in [0.15, 0.2) is 18.2 Å². The molecule has 0 unspecified atom stereocenters. The number of benzene rings is 1. The van der Waals surface area contributed by atoms with Crippen molar-refractivity contribution >= 4 is 0 Å². The van der Waals surface area contributed by atoms with Crippen LogP contribution in [0, 0.1) is 0 Å². The van der Waals surface area contributed by atoms with E-state index in [4.69, 9.17) is 14.2 Å². The van der Waals surface area contributed by atoms with Crippen LogP contribution in [0.2, 0.25) is 0 Å². The zero-order chi connectivity index (χ0) is 13.2. The second-order valence-corrected chi connectivity index (χ2v) is 4.19. The molecule has 0 fully saturated rings. The first-order chi connectivity index (χ1) is 8.80. The molecule has 1 aromatic carbocycles. The Labute approximate surface area is 110 Å². The molecule has 3 heteroatoms. The SMILES string of the molecule is CCCOc1cc(OCCC)cc(OCCC)c1. The largest absolute Gasteiger partial charge is 0.493 e. The van der Waals surface area contributed by atoms with Gasteiger partial charge >= 0.3 is 0 Å². The molecule has 0 aromatic heterocycles. The number of ether oxygens (including phenoxy) is 3. The fourth-order valence-electron chi connectivity index (χ4n) is 1.46. The summed E-state index contributed by atoms with van der Waals surface area (Å²) in [6.07, 6.45) is 2.97. The molecule has 0 aliphatic carbocycles. The van der Waals surface area contributed by atoms with E-state index in [1.54, 1.807) is 0 Å². The van der Waals surface area contributed by atoms with Crippen molar-refractivity contribution < 1.29 is 14.2 Å². The molecule has 0 atom stereocenters. The molecule has 1 aromatic rings. The Hall–Kier alpha value is -1.38. The highest BCUT2D eigenvalue weighted by atomic mass is 16.5. The average molecular weight is 252 g/mol. The third-order valence-corrected chi connectivity index (χ3v) is 2.27. The van der Waals surface area contributed by atoms with Crippen molar-refractivity contribution in [1.29, 1.82) is 0 Å². The smallest absolute Gasteiger partial charge is 0.126 e. The van der Waals surface area contributed by atoms with Gasteiger partial charge in [0.15, 0.2) is 0 Å². The summed E-state index contributed by atoms with van der Waals surface area (Å²) in [5.74, 6) is 2.45. The van der Waals surface area contributed by atoms with Crippen molar-refractivity contribution in [3.63, 3.8) is 0 Å². The minimum Gasteiger partial charge on any atom is -0.493 e. The lowest BCUT2D eigenvalue weighted by Crippen LogP contribution is -2.00. The monoisotopic (exact) mass is 252 g/mol. The summed E-state index contributed by atoms with van der Waals surface area (Å²) in [6, 6.07) is 5.76. The molecule has 18 heavy (non-hydrogen) atoms. The molecule has 0 aliphatic heterocycles. The first-order valence-electron chi connectivity index (χ1n) is 6.83. The Morgan fingerprint density at radius 3 is 1.11 bits per heavy atom. The summed E-state index contributed by atoms with van der Waals surface area (Å²) < 4.78 is 16.9. The summed E-state index contributed by atoms with van der Waals surface area (Å²) in [5.41, 5.74) is 0. The van der Waals surface area contributed by atoms with E-state index in [9.17, 15) is 0 Å². The number of hydrogen-bond donors (Lipinski definition) is 0. The predicted molar refractivity (Wildman–Crippen MR) is 73.8 cm³/mol. The Bertz CT molecular complexity index is 272. The van der Waals surface area contributed by atoms with E-state index in [1.807, 2.05) is 18.2 Å². The van der Waals surface area contributed by atoms with Gasteiger partial charge < -0.3 is 14.2 Å². The molecular formula is C15H24O3. The topological polar surface area (TPSA) is 27.7 Å². The van der Waals surface area contributed by atoms with Crippen LogP contribution in [0.4, 0.5) is 0 Å². The first kappa shape index (κ1) is 14.7. The molecule has 1 rings (SSSR count). The molecule has 0 N–H and O–H groups in total. The summed E-state index contributed by atoms with van der Waals surface area (Å²) in [7, 11) is 0. The molecular weight excluding hydrogens is 228 g/mol. The van der Waals surface area contributed by atoms with E-state index in [-0.39, 0.29) is 0 Å². The van der Waals surface area contributed by atoms with E-state index in [1.165, 1.54) is 0 Å². The van der Waals surface area contributed by atoms with Crippen LogP contribution < -0.4 is 14.2 Å². The van der Waals surface area contributed by atoms with Crippen LogP contribution in [0.3, 0.4) is 0 Å². The maximum absolute atomic E-state index is 5.64. The molecule has 0 heterocycles. The Morgan fingerprint density at radius 1 is 0.611 bits per heavy atom. The van der Waals surface area contributed by atoms with Gasteiger partial charge in [-0.1, -0.05) is 20.8 Å². The second-order valence-electron chi connectivity index (χ2n) is 4.19. The standard InChI is InChI=1S/C15H24O3/c1-4-7-16-13-10-14(17-8-5-2)12-15(11-13)18-9-6-3/h10-12H,4-9H2,1-3H3. The molecule has 0 radical (unpaired) electrons. The predicted octanol–water partition coefficient (Wildman–Crippen LogP) is 4.05. The van der Waals surface area contributed by atoms with Gasteiger partial charge in [0.25, 0.3) is 0 Å². The van der Waals surface area contributed by atoms with Crippen molar-refractivity contribution in [2.24, 2.45) is 0 Å². The van der Waals surface area contributed by atoms with Crippen LogP contribution in [-0.2, 0) is 0 Å². The van der Waals surface area contributed by atoms with E-state index < -0.39 is 0 Å². The maximum Gasteiger partial charge on any atom is 0.126 e. The minimum atomic E-state index is 0.713. The zero-order valence-corrected chi connectivity index (χ0v) is 11.7. The summed E-state index contributed by atoms with van der Waals surface area (Å²) >= 11 is 0. The van der Waals surface area contributed by atoms with Crippen molar-refractivity contribution in [3.05, 3.63) is 18.2 Å².